The maximum atomic E-state index is 5.20. The third-order valence-corrected chi connectivity index (χ3v) is 2.14. The molecule has 1 rings (SSSR count). The fourth-order valence-electron chi connectivity index (χ4n) is 1.42. The molecule has 1 fully saturated rings. The summed E-state index contributed by atoms with van der Waals surface area (Å²) in [5, 5.41) is 0. The van der Waals surface area contributed by atoms with Crippen LogP contribution in [-0.2, 0) is 9.47 Å². The fraction of sp³-hybridized carbons (Fsp3) is 0.800. The van der Waals surface area contributed by atoms with Crippen LogP contribution in [0.4, 0.5) is 0 Å². The van der Waals surface area contributed by atoms with Crippen LogP contribution >= 0.6 is 0 Å². The number of hydrogen-bond donors (Lipinski definition) is 0. The van der Waals surface area contributed by atoms with E-state index in [4.69, 9.17) is 9.47 Å². The Morgan fingerprint density at radius 3 is 2.67 bits per heavy atom. The van der Waals surface area contributed by atoms with Gasteiger partial charge < -0.3 is 9.47 Å². The Labute approximate surface area is 74.6 Å². The second-order valence-corrected chi connectivity index (χ2v) is 3.30. The number of unbranched alkanes of at least 4 members (excludes halogenated alkanes) is 2. The van der Waals surface area contributed by atoms with Gasteiger partial charge in [-0.2, -0.15) is 0 Å². The van der Waals surface area contributed by atoms with Crippen LogP contribution in [0.5, 0.6) is 0 Å². The first-order valence-corrected chi connectivity index (χ1v) is 4.70. The third kappa shape index (κ3) is 3.88. The Bertz CT molecular complexity index is 117. The highest BCUT2D eigenvalue weighted by molar-refractivity contribution is 4.67. The highest BCUT2D eigenvalue weighted by Crippen LogP contribution is 2.14. The van der Waals surface area contributed by atoms with E-state index in [1.165, 1.54) is 19.3 Å². The minimum absolute atomic E-state index is 0.489. The molecule has 0 aliphatic carbocycles. The van der Waals surface area contributed by atoms with Gasteiger partial charge in [0.05, 0.1) is 13.2 Å². The minimum Gasteiger partial charge on any atom is -0.355 e. The molecule has 1 aliphatic heterocycles. The molecule has 70 valence electrons. The Kier molecular flexibility index (Phi) is 5.04. The van der Waals surface area contributed by atoms with Gasteiger partial charge in [-0.05, 0) is 19.3 Å². The Hall–Kier alpha value is -0.340. The van der Waals surface area contributed by atoms with Crippen LogP contribution in [0.25, 0.3) is 0 Å². The molecule has 0 amide bonds. The van der Waals surface area contributed by atoms with Crippen molar-refractivity contribution in [3.8, 4) is 0 Å². The van der Waals surface area contributed by atoms with Gasteiger partial charge in [-0.15, -0.1) is 6.58 Å². The zero-order chi connectivity index (χ0) is 8.65. The maximum Gasteiger partial charge on any atom is 0.146 e. The molecule has 1 saturated heterocycles. The summed E-state index contributed by atoms with van der Waals surface area (Å²) in [5.74, 6) is 0.628. The molecular weight excluding hydrogens is 152 g/mol. The lowest BCUT2D eigenvalue weighted by atomic mass is 10.0. The van der Waals surface area contributed by atoms with Crippen LogP contribution in [0.15, 0.2) is 12.7 Å². The van der Waals surface area contributed by atoms with E-state index in [1.807, 2.05) is 6.08 Å². The highest BCUT2D eigenvalue weighted by atomic mass is 16.7. The summed E-state index contributed by atoms with van der Waals surface area (Å²) in [6.45, 7) is 5.95. The van der Waals surface area contributed by atoms with E-state index in [1.54, 1.807) is 0 Å². The Morgan fingerprint density at radius 1 is 1.25 bits per heavy atom. The Balaban J connectivity index is 1.94. The largest absolute Gasteiger partial charge is 0.355 e. The topological polar surface area (TPSA) is 18.5 Å². The first-order valence-electron chi connectivity index (χ1n) is 4.70. The highest BCUT2D eigenvalue weighted by Gasteiger charge is 2.12. The lowest BCUT2D eigenvalue weighted by Crippen LogP contribution is -2.23. The van der Waals surface area contributed by atoms with Crippen molar-refractivity contribution in [2.24, 2.45) is 5.92 Å². The van der Waals surface area contributed by atoms with Crippen LogP contribution in [0.3, 0.4) is 0 Å². The van der Waals surface area contributed by atoms with Crippen molar-refractivity contribution in [1.29, 1.82) is 0 Å². The molecule has 0 aromatic heterocycles. The van der Waals surface area contributed by atoms with E-state index < -0.39 is 0 Å². The van der Waals surface area contributed by atoms with E-state index in [0.29, 0.717) is 12.7 Å². The van der Waals surface area contributed by atoms with Crippen molar-refractivity contribution in [1.82, 2.24) is 0 Å². The van der Waals surface area contributed by atoms with Gasteiger partial charge in [-0.25, -0.2) is 0 Å². The normalized spacial score (nSPS) is 19.3. The molecule has 0 aromatic carbocycles. The van der Waals surface area contributed by atoms with Gasteiger partial charge in [0.1, 0.15) is 6.79 Å². The van der Waals surface area contributed by atoms with Gasteiger partial charge in [0, 0.05) is 5.92 Å². The van der Waals surface area contributed by atoms with E-state index in [2.05, 4.69) is 6.58 Å². The van der Waals surface area contributed by atoms with Crippen molar-refractivity contribution in [2.75, 3.05) is 20.0 Å². The Morgan fingerprint density at radius 2 is 2.00 bits per heavy atom. The third-order valence-electron chi connectivity index (χ3n) is 2.14. The predicted molar refractivity (Wildman–Crippen MR) is 48.9 cm³/mol. The van der Waals surface area contributed by atoms with Crippen molar-refractivity contribution in [3.63, 3.8) is 0 Å². The van der Waals surface area contributed by atoms with Gasteiger partial charge in [0.25, 0.3) is 0 Å². The lowest BCUT2D eigenvalue weighted by Gasteiger charge is -2.21. The van der Waals surface area contributed by atoms with E-state index in [9.17, 15) is 0 Å². The van der Waals surface area contributed by atoms with Gasteiger partial charge in [-0.3, -0.25) is 0 Å². The minimum atomic E-state index is 0.489. The summed E-state index contributed by atoms with van der Waals surface area (Å²) in [7, 11) is 0. The molecule has 0 radical (unpaired) electrons. The molecule has 0 spiro atoms. The second kappa shape index (κ2) is 6.21. The molecule has 12 heavy (non-hydrogen) atoms. The molecule has 0 N–H and O–H groups in total. The summed E-state index contributed by atoms with van der Waals surface area (Å²) in [6, 6.07) is 0. The monoisotopic (exact) mass is 170 g/mol. The summed E-state index contributed by atoms with van der Waals surface area (Å²) >= 11 is 0. The summed E-state index contributed by atoms with van der Waals surface area (Å²) < 4.78 is 10.4. The van der Waals surface area contributed by atoms with Gasteiger partial charge >= 0.3 is 0 Å². The van der Waals surface area contributed by atoms with E-state index in [-0.39, 0.29) is 0 Å². The smallest absolute Gasteiger partial charge is 0.146 e. The predicted octanol–water partition coefficient (Wildman–Crippen LogP) is 2.35. The van der Waals surface area contributed by atoms with Crippen molar-refractivity contribution in [2.45, 2.75) is 25.7 Å². The first-order chi connectivity index (χ1) is 5.93. The number of hydrogen-bond acceptors (Lipinski definition) is 2. The van der Waals surface area contributed by atoms with Crippen LogP contribution in [0.1, 0.15) is 25.7 Å². The van der Waals surface area contributed by atoms with Crippen LogP contribution in [0, 0.1) is 5.92 Å². The average Bonchev–Trinajstić information content (AvgIpc) is 2.14. The van der Waals surface area contributed by atoms with Crippen molar-refractivity contribution in [3.05, 3.63) is 12.7 Å². The zero-order valence-corrected chi connectivity index (χ0v) is 7.63. The standard InChI is InChI=1S/C10H18O2/c1-2-3-4-5-6-10-7-11-9-12-8-10/h2,10H,1,3-9H2. The fourth-order valence-corrected chi connectivity index (χ4v) is 1.42. The molecule has 0 unspecified atom stereocenters. The molecule has 2 nitrogen and oxygen atoms in total. The van der Waals surface area contributed by atoms with Gasteiger partial charge in [0.2, 0.25) is 0 Å². The molecule has 0 bridgehead atoms. The number of rotatable bonds is 5. The summed E-state index contributed by atoms with van der Waals surface area (Å²) in [6.07, 6.45) is 6.86. The second-order valence-electron chi connectivity index (χ2n) is 3.30. The SMILES string of the molecule is C=CCCCCC1COCOC1. The maximum absolute atomic E-state index is 5.20. The first kappa shape index (κ1) is 9.75. The summed E-state index contributed by atoms with van der Waals surface area (Å²) in [4.78, 5) is 0. The van der Waals surface area contributed by atoms with Crippen LogP contribution in [0.2, 0.25) is 0 Å². The van der Waals surface area contributed by atoms with E-state index in [0.717, 1.165) is 19.6 Å². The van der Waals surface area contributed by atoms with E-state index >= 15 is 0 Å². The number of allylic oxidation sites excluding steroid dienone is 1. The lowest BCUT2D eigenvalue weighted by molar-refractivity contribution is -0.127. The average molecular weight is 170 g/mol. The zero-order valence-electron chi connectivity index (χ0n) is 7.63. The quantitative estimate of drug-likeness (QED) is 0.466. The van der Waals surface area contributed by atoms with Crippen molar-refractivity contribution >= 4 is 0 Å². The molecule has 0 aromatic rings. The van der Waals surface area contributed by atoms with Crippen LogP contribution in [-0.4, -0.2) is 20.0 Å². The van der Waals surface area contributed by atoms with Crippen LogP contribution < -0.4 is 0 Å². The molecule has 2 heteroatoms. The molecular formula is C10H18O2. The molecule has 0 saturated carbocycles. The molecule has 0 atom stereocenters. The van der Waals surface area contributed by atoms with Crippen molar-refractivity contribution < 1.29 is 9.47 Å². The summed E-state index contributed by atoms with van der Waals surface area (Å²) in [5.41, 5.74) is 0. The molecule has 1 aliphatic rings. The molecule has 1 heterocycles. The van der Waals surface area contributed by atoms with Gasteiger partial charge in [-0.1, -0.05) is 12.5 Å². The number of ether oxygens (including phenoxy) is 2. The van der Waals surface area contributed by atoms with Gasteiger partial charge in [0.15, 0.2) is 0 Å².